The summed E-state index contributed by atoms with van der Waals surface area (Å²) in [5.41, 5.74) is 0.564. The fourth-order valence-corrected chi connectivity index (χ4v) is 0.686. The zero-order chi connectivity index (χ0) is 9.90. The van der Waals surface area contributed by atoms with Gasteiger partial charge >= 0.3 is 6.36 Å². The van der Waals surface area contributed by atoms with Crippen LogP contribution in [0.4, 0.5) is 13.2 Å². The third-order valence-corrected chi connectivity index (χ3v) is 1.19. The molecule has 0 radical (unpaired) electrons. The van der Waals surface area contributed by atoms with Gasteiger partial charge in [-0.1, -0.05) is 18.7 Å². The average Bonchev–Trinajstić information content (AvgIpc) is 2.03. The summed E-state index contributed by atoms with van der Waals surface area (Å²) in [5, 5.41) is 0. The Kier molecular flexibility index (Phi) is 2.47. The lowest BCUT2D eigenvalue weighted by atomic mass is 10.2. The van der Waals surface area contributed by atoms with Gasteiger partial charge in [-0.15, -0.1) is 13.2 Å². The topological polar surface area (TPSA) is 9.23 Å². The van der Waals surface area contributed by atoms with E-state index in [0.29, 0.717) is 5.56 Å². The van der Waals surface area contributed by atoms with Crippen molar-refractivity contribution in [3.63, 3.8) is 0 Å². The van der Waals surface area contributed by atoms with Gasteiger partial charge in [0.25, 0.3) is 0 Å². The number of alkyl halides is 3. The Morgan fingerprint density at radius 2 is 2.00 bits per heavy atom. The van der Waals surface area contributed by atoms with Gasteiger partial charge in [0.2, 0.25) is 0 Å². The predicted molar refractivity (Wildman–Crippen MR) is 40.9 cm³/mol. The Hall–Kier alpha value is -1.63. The van der Waals surface area contributed by atoms with E-state index in [4.69, 9.17) is 0 Å². The van der Waals surface area contributed by atoms with Crippen LogP contribution in [0.2, 0.25) is 0 Å². The van der Waals surface area contributed by atoms with Gasteiger partial charge in [0.15, 0.2) is 5.75 Å². The summed E-state index contributed by atoms with van der Waals surface area (Å²) < 4.78 is 38.5. The molecular weight excluding hydrogens is 181 g/mol. The van der Waals surface area contributed by atoms with Crippen LogP contribution in [0.25, 0.3) is 6.08 Å². The van der Waals surface area contributed by atoms with Crippen molar-refractivity contribution < 1.29 is 17.9 Å². The molecule has 0 fully saturated rings. The molecule has 0 aromatic heterocycles. The number of hydrogen-bond donors (Lipinski definition) is 0. The monoisotopic (exact) mass is 186 g/mol. The molecule has 13 heavy (non-hydrogen) atoms. The van der Waals surface area contributed by atoms with E-state index in [2.05, 4.69) is 23.4 Å². The molecule has 1 nitrogen and oxygen atoms in total. The lowest BCUT2D eigenvalue weighted by Crippen LogP contribution is -2.16. The number of hydrogen-bond acceptors (Lipinski definition) is 1. The molecule has 0 aliphatic carbocycles. The Morgan fingerprint density at radius 3 is 2.38 bits per heavy atom. The Labute approximate surface area is 73.4 Å². The van der Waals surface area contributed by atoms with Crippen LogP contribution in [0.5, 0.6) is 5.75 Å². The van der Waals surface area contributed by atoms with E-state index in [9.17, 15) is 13.2 Å². The zero-order valence-corrected chi connectivity index (χ0v) is 6.48. The second kappa shape index (κ2) is 3.40. The summed E-state index contributed by atoms with van der Waals surface area (Å²) in [5.74, 6) is -0.405. The molecule has 0 saturated carbocycles. The molecule has 0 unspecified atom stereocenters. The van der Waals surface area contributed by atoms with E-state index in [1.807, 2.05) is 0 Å². The van der Waals surface area contributed by atoms with Crippen LogP contribution >= 0.6 is 0 Å². The van der Waals surface area contributed by atoms with E-state index in [-0.39, 0.29) is 0 Å². The van der Waals surface area contributed by atoms with Crippen LogP contribution in [-0.2, 0) is 0 Å². The van der Waals surface area contributed by atoms with E-state index in [0.717, 1.165) is 6.07 Å². The SMILES string of the molecule is C=Cc1c#cc(OC(F)(F)F)cc1. The first-order chi connectivity index (χ1) is 6.01. The lowest BCUT2D eigenvalue weighted by Gasteiger charge is -2.05. The molecule has 0 saturated heterocycles. The van der Waals surface area contributed by atoms with Crippen LogP contribution in [0, 0.1) is 12.1 Å². The van der Waals surface area contributed by atoms with Gasteiger partial charge in [-0.2, -0.15) is 0 Å². The van der Waals surface area contributed by atoms with Gasteiger partial charge in [0, 0.05) is 5.56 Å². The van der Waals surface area contributed by atoms with Gasteiger partial charge in [-0.25, -0.2) is 0 Å². The standard InChI is InChI=1S/C9H5F3O/c1-2-7-3-5-8(6-4-7)13-9(10,11)12/h2-3,5H,1H2. The highest BCUT2D eigenvalue weighted by Crippen LogP contribution is 2.20. The quantitative estimate of drug-likeness (QED) is 0.690. The first-order valence-corrected chi connectivity index (χ1v) is 3.33. The van der Waals surface area contributed by atoms with Crippen molar-refractivity contribution in [1.82, 2.24) is 0 Å². The van der Waals surface area contributed by atoms with Gasteiger partial charge < -0.3 is 4.74 Å². The molecule has 0 aliphatic rings. The van der Waals surface area contributed by atoms with Gasteiger partial charge in [-0.05, 0) is 18.2 Å². The summed E-state index contributed by atoms with van der Waals surface area (Å²) in [7, 11) is 0. The molecule has 0 amide bonds. The summed E-state index contributed by atoms with van der Waals surface area (Å²) in [4.78, 5) is 0. The highest BCUT2D eigenvalue weighted by Gasteiger charge is 2.31. The molecule has 0 atom stereocenters. The highest BCUT2D eigenvalue weighted by molar-refractivity contribution is 5.44. The first-order valence-electron chi connectivity index (χ1n) is 3.33. The van der Waals surface area contributed by atoms with E-state index >= 15 is 0 Å². The van der Waals surface area contributed by atoms with Gasteiger partial charge in [0.05, 0.1) is 0 Å². The van der Waals surface area contributed by atoms with Crippen LogP contribution in [0.1, 0.15) is 5.56 Å². The second-order valence-corrected chi connectivity index (χ2v) is 2.15. The van der Waals surface area contributed by atoms with Crippen molar-refractivity contribution in [2.45, 2.75) is 6.36 Å². The minimum absolute atomic E-state index is 0.405. The Bertz CT molecular complexity index is 287. The van der Waals surface area contributed by atoms with E-state index in [1.54, 1.807) is 0 Å². The summed E-state index contributed by atoms with van der Waals surface area (Å²) in [6, 6.07) is 7.21. The normalized spacial score (nSPS) is 10.4. The fourth-order valence-electron chi connectivity index (χ4n) is 0.686. The predicted octanol–water partition coefficient (Wildman–Crippen LogP) is 2.83. The zero-order valence-electron chi connectivity index (χ0n) is 6.48. The fraction of sp³-hybridized carbons (Fsp3) is 0.111. The molecule has 0 heterocycles. The second-order valence-electron chi connectivity index (χ2n) is 2.15. The molecule has 0 N–H and O–H groups in total. The smallest absolute Gasteiger partial charge is 0.397 e. The number of rotatable bonds is 2. The number of halogens is 3. The maximum atomic E-state index is 11.6. The summed E-state index contributed by atoms with van der Waals surface area (Å²) >= 11 is 0. The van der Waals surface area contributed by atoms with Crippen LogP contribution < -0.4 is 4.74 Å². The first kappa shape index (κ1) is 9.46. The minimum Gasteiger partial charge on any atom is -0.397 e. The molecule has 0 bridgehead atoms. The maximum absolute atomic E-state index is 11.6. The van der Waals surface area contributed by atoms with Crippen molar-refractivity contribution in [2.75, 3.05) is 0 Å². The highest BCUT2D eigenvalue weighted by atomic mass is 19.4. The Morgan fingerprint density at radius 1 is 1.31 bits per heavy atom. The van der Waals surface area contributed by atoms with Crippen LogP contribution in [0.3, 0.4) is 0 Å². The molecule has 1 aromatic rings. The van der Waals surface area contributed by atoms with Gasteiger partial charge in [0.1, 0.15) is 0 Å². The van der Waals surface area contributed by atoms with Gasteiger partial charge in [-0.3, -0.25) is 0 Å². The van der Waals surface area contributed by atoms with Crippen molar-refractivity contribution in [1.29, 1.82) is 0 Å². The molecular formula is C9H5F3O. The summed E-state index contributed by atoms with van der Waals surface area (Å²) in [6.07, 6.45) is -3.23. The van der Waals surface area contributed by atoms with Crippen molar-refractivity contribution >= 4 is 6.08 Å². The van der Waals surface area contributed by atoms with Crippen LogP contribution in [-0.4, -0.2) is 6.36 Å². The largest absolute Gasteiger partial charge is 0.573 e. The molecule has 4 heteroatoms. The lowest BCUT2D eigenvalue weighted by molar-refractivity contribution is -0.274. The Balaban J connectivity index is 2.75. The maximum Gasteiger partial charge on any atom is 0.573 e. The molecule has 0 aliphatic heterocycles. The minimum atomic E-state index is -4.68. The third kappa shape index (κ3) is 3.08. The van der Waals surface area contributed by atoms with Crippen molar-refractivity contribution in [3.05, 3.63) is 36.4 Å². The van der Waals surface area contributed by atoms with E-state index < -0.39 is 12.1 Å². The molecule has 1 aromatic carbocycles. The molecule has 68 valence electrons. The van der Waals surface area contributed by atoms with Crippen molar-refractivity contribution in [3.8, 4) is 5.75 Å². The third-order valence-electron chi connectivity index (χ3n) is 1.19. The molecule has 1 rings (SSSR count). The van der Waals surface area contributed by atoms with E-state index in [1.165, 1.54) is 12.1 Å². The average molecular weight is 186 g/mol. The summed E-state index contributed by atoms with van der Waals surface area (Å²) in [6.45, 7) is 3.42. The van der Waals surface area contributed by atoms with Crippen LogP contribution in [0.15, 0.2) is 18.7 Å². The number of ether oxygens (including phenoxy) is 1. The molecule has 0 spiro atoms. The van der Waals surface area contributed by atoms with Crippen molar-refractivity contribution in [2.24, 2.45) is 0 Å².